The lowest BCUT2D eigenvalue weighted by molar-refractivity contribution is -0.131. The van der Waals surface area contributed by atoms with Crippen LogP contribution < -0.4 is 0 Å². The van der Waals surface area contributed by atoms with Crippen LogP contribution in [0.1, 0.15) is 25.6 Å². The Hall–Kier alpha value is -1.44. The van der Waals surface area contributed by atoms with E-state index in [-0.39, 0.29) is 18.1 Å². The number of carbonyl (C=O) groups is 1. The maximum atomic E-state index is 12.6. The number of imidazole rings is 1. The van der Waals surface area contributed by atoms with Crippen LogP contribution in [0.3, 0.4) is 0 Å². The number of carbonyl (C=O) groups excluding carboxylic acids is 1. The van der Waals surface area contributed by atoms with Gasteiger partial charge in [-0.2, -0.15) is 0 Å². The van der Waals surface area contributed by atoms with E-state index in [1.807, 2.05) is 22.6 Å². The molecule has 2 aliphatic heterocycles. The fourth-order valence-electron chi connectivity index (χ4n) is 3.70. The molecule has 7 nitrogen and oxygen atoms in total. The van der Waals surface area contributed by atoms with Gasteiger partial charge in [0.05, 0.1) is 19.3 Å². The normalized spacial score (nSPS) is 26.3. The molecule has 1 amide bonds. The number of aryl methyl sites for hydroxylation is 1. The van der Waals surface area contributed by atoms with E-state index in [9.17, 15) is 9.90 Å². The first-order valence-corrected chi connectivity index (χ1v) is 8.96. The number of amides is 1. The number of rotatable bonds is 4. The van der Waals surface area contributed by atoms with E-state index in [1.165, 1.54) is 0 Å². The molecule has 0 unspecified atom stereocenters. The molecule has 1 aromatic rings. The van der Waals surface area contributed by atoms with Crippen molar-refractivity contribution in [3.05, 3.63) is 18.2 Å². The molecule has 3 heterocycles. The standard InChI is InChI=1S/C17H28N4O3/c1-2-16-18-5-8-21(16)13-17(23)20-6-3-14(15(22)4-7-20)19-9-11-24-12-10-19/h5,8,14-15,22H,2-4,6-7,9-13H2,1H3/t14-,15-/m0/s1. The van der Waals surface area contributed by atoms with Crippen LogP contribution in [0.4, 0.5) is 0 Å². The summed E-state index contributed by atoms with van der Waals surface area (Å²) < 4.78 is 7.32. The molecule has 1 N–H and O–H groups in total. The van der Waals surface area contributed by atoms with E-state index in [4.69, 9.17) is 4.74 Å². The number of morpholine rings is 1. The second kappa shape index (κ2) is 8.09. The lowest BCUT2D eigenvalue weighted by Gasteiger charge is -2.36. The summed E-state index contributed by atoms with van der Waals surface area (Å²) >= 11 is 0. The second-order valence-corrected chi connectivity index (χ2v) is 6.57. The Morgan fingerprint density at radius 3 is 2.79 bits per heavy atom. The average Bonchev–Trinajstić information content (AvgIpc) is 2.96. The van der Waals surface area contributed by atoms with E-state index in [1.54, 1.807) is 6.20 Å². The second-order valence-electron chi connectivity index (χ2n) is 6.57. The van der Waals surface area contributed by atoms with Crippen molar-refractivity contribution < 1.29 is 14.6 Å². The zero-order chi connectivity index (χ0) is 16.9. The molecule has 134 valence electrons. The fourth-order valence-corrected chi connectivity index (χ4v) is 3.70. The smallest absolute Gasteiger partial charge is 0.242 e. The number of likely N-dealkylation sites (tertiary alicyclic amines) is 1. The first-order chi connectivity index (χ1) is 11.7. The Morgan fingerprint density at radius 1 is 1.29 bits per heavy atom. The zero-order valence-corrected chi connectivity index (χ0v) is 14.4. The molecule has 0 aliphatic carbocycles. The molecule has 2 fully saturated rings. The van der Waals surface area contributed by atoms with E-state index in [2.05, 4.69) is 9.88 Å². The van der Waals surface area contributed by atoms with Crippen molar-refractivity contribution in [2.24, 2.45) is 0 Å². The molecule has 7 heteroatoms. The molecular formula is C17H28N4O3. The van der Waals surface area contributed by atoms with Crippen LogP contribution in [-0.2, 0) is 22.5 Å². The number of hydrogen-bond acceptors (Lipinski definition) is 5. The number of aliphatic hydroxyl groups excluding tert-OH is 1. The van der Waals surface area contributed by atoms with Gasteiger partial charge >= 0.3 is 0 Å². The van der Waals surface area contributed by atoms with Crippen LogP contribution in [0.5, 0.6) is 0 Å². The third-order valence-corrected chi connectivity index (χ3v) is 5.12. The third kappa shape index (κ3) is 3.96. The summed E-state index contributed by atoms with van der Waals surface area (Å²) in [4.78, 5) is 21.1. The van der Waals surface area contributed by atoms with Gasteiger partial charge < -0.3 is 19.3 Å². The Kier molecular flexibility index (Phi) is 5.86. The highest BCUT2D eigenvalue weighted by atomic mass is 16.5. The molecule has 3 rings (SSSR count). The summed E-state index contributed by atoms with van der Waals surface area (Å²) in [6, 6.07) is 0.131. The molecule has 0 radical (unpaired) electrons. The first-order valence-electron chi connectivity index (χ1n) is 8.96. The van der Waals surface area contributed by atoms with Crippen molar-refractivity contribution in [2.45, 2.75) is 44.9 Å². The predicted octanol–water partition coefficient (Wildman–Crippen LogP) is 0.130. The van der Waals surface area contributed by atoms with Gasteiger partial charge in [0.15, 0.2) is 0 Å². The Labute approximate surface area is 143 Å². The topological polar surface area (TPSA) is 70.8 Å². The van der Waals surface area contributed by atoms with E-state index < -0.39 is 0 Å². The molecule has 2 aliphatic rings. The Bertz CT molecular complexity index is 542. The fraction of sp³-hybridized carbons (Fsp3) is 0.765. The molecule has 0 spiro atoms. The monoisotopic (exact) mass is 336 g/mol. The number of nitrogens with zero attached hydrogens (tertiary/aromatic N) is 4. The molecule has 0 saturated carbocycles. The van der Waals surface area contributed by atoms with E-state index in [0.29, 0.717) is 26.1 Å². The van der Waals surface area contributed by atoms with Crippen molar-refractivity contribution in [1.82, 2.24) is 19.4 Å². The molecular weight excluding hydrogens is 308 g/mol. The number of aromatic nitrogens is 2. The number of hydrogen-bond donors (Lipinski definition) is 1. The highest BCUT2D eigenvalue weighted by molar-refractivity contribution is 5.76. The lowest BCUT2D eigenvalue weighted by atomic mass is 10.0. The van der Waals surface area contributed by atoms with Crippen LogP contribution in [0.25, 0.3) is 0 Å². The number of aliphatic hydroxyl groups is 1. The summed E-state index contributed by atoms with van der Waals surface area (Å²) in [7, 11) is 0. The quantitative estimate of drug-likeness (QED) is 0.846. The molecule has 1 aromatic heterocycles. The summed E-state index contributed by atoms with van der Waals surface area (Å²) in [5.41, 5.74) is 0. The van der Waals surface area contributed by atoms with Gasteiger partial charge in [-0.25, -0.2) is 4.98 Å². The lowest BCUT2D eigenvalue weighted by Crippen LogP contribution is -2.49. The van der Waals surface area contributed by atoms with E-state index in [0.717, 1.165) is 45.0 Å². The van der Waals surface area contributed by atoms with Crippen LogP contribution in [0.2, 0.25) is 0 Å². The Balaban J connectivity index is 1.58. The molecule has 2 saturated heterocycles. The van der Waals surface area contributed by atoms with Crippen LogP contribution in [0.15, 0.2) is 12.4 Å². The summed E-state index contributed by atoms with van der Waals surface area (Å²) in [5.74, 6) is 1.04. The molecule has 0 bridgehead atoms. The van der Waals surface area contributed by atoms with E-state index >= 15 is 0 Å². The van der Waals surface area contributed by atoms with Gasteiger partial charge in [0, 0.05) is 51.0 Å². The van der Waals surface area contributed by atoms with Gasteiger partial charge in [-0.1, -0.05) is 6.92 Å². The largest absolute Gasteiger partial charge is 0.391 e. The summed E-state index contributed by atoms with van der Waals surface area (Å²) in [5, 5.41) is 10.5. The van der Waals surface area contributed by atoms with Crippen molar-refractivity contribution >= 4 is 5.91 Å². The van der Waals surface area contributed by atoms with Crippen LogP contribution >= 0.6 is 0 Å². The third-order valence-electron chi connectivity index (χ3n) is 5.12. The minimum absolute atomic E-state index is 0.109. The zero-order valence-electron chi connectivity index (χ0n) is 14.4. The van der Waals surface area contributed by atoms with Gasteiger partial charge in [-0.3, -0.25) is 9.69 Å². The van der Waals surface area contributed by atoms with Crippen molar-refractivity contribution in [1.29, 1.82) is 0 Å². The highest BCUT2D eigenvalue weighted by Crippen LogP contribution is 2.19. The highest BCUT2D eigenvalue weighted by Gasteiger charge is 2.31. The van der Waals surface area contributed by atoms with Gasteiger partial charge in [0.1, 0.15) is 12.4 Å². The number of ether oxygens (including phenoxy) is 1. The Morgan fingerprint density at radius 2 is 2.04 bits per heavy atom. The first kappa shape index (κ1) is 17.4. The van der Waals surface area contributed by atoms with Crippen molar-refractivity contribution in [3.63, 3.8) is 0 Å². The van der Waals surface area contributed by atoms with Gasteiger partial charge in [0.2, 0.25) is 5.91 Å². The average molecular weight is 336 g/mol. The maximum Gasteiger partial charge on any atom is 0.242 e. The molecule has 0 aromatic carbocycles. The SMILES string of the molecule is CCc1nccn1CC(=O)N1CC[C@H](O)[C@@H](N2CCOCC2)CC1. The van der Waals surface area contributed by atoms with Crippen molar-refractivity contribution in [2.75, 3.05) is 39.4 Å². The molecule has 2 atom stereocenters. The minimum atomic E-state index is -0.375. The van der Waals surface area contributed by atoms with Gasteiger partial charge in [-0.05, 0) is 12.8 Å². The van der Waals surface area contributed by atoms with Gasteiger partial charge in [-0.15, -0.1) is 0 Å². The maximum absolute atomic E-state index is 12.6. The molecule has 24 heavy (non-hydrogen) atoms. The van der Waals surface area contributed by atoms with Crippen molar-refractivity contribution in [3.8, 4) is 0 Å². The predicted molar refractivity (Wildman–Crippen MR) is 89.6 cm³/mol. The minimum Gasteiger partial charge on any atom is -0.391 e. The van der Waals surface area contributed by atoms with Gasteiger partial charge in [0.25, 0.3) is 0 Å². The van der Waals surface area contributed by atoms with Crippen LogP contribution in [-0.4, -0.2) is 81.9 Å². The van der Waals surface area contributed by atoms with Crippen LogP contribution in [0, 0.1) is 0 Å². The summed E-state index contributed by atoms with van der Waals surface area (Å²) in [6.45, 7) is 6.89. The summed E-state index contributed by atoms with van der Waals surface area (Å²) in [6.07, 6.45) is 5.50.